The highest BCUT2D eigenvalue weighted by Gasteiger charge is 2.29. The van der Waals surface area contributed by atoms with Gasteiger partial charge in [-0.05, 0) is 6.92 Å². The minimum atomic E-state index is -0.444. The molecule has 1 heterocycles. The van der Waals surface area contributed by atoms with E-state index in [0.717, 1.165) is 11.9 Å². The minimum Gasteiger partial charge on any atom is -0.293 e. The molecule has 0 radical (unpaired) electrons. The molecule has 1 fully saturated rings. The smallest absolute Gasteiger partial charge is 0.241 e. The third kappa shape index (κ3) is 0.709. The van der Waals surface area contributed by atoms with Gasteiger partial charge in [-0.15, -0.1) is 0 Å². The van der Waals surface area contributed by atoms with Gasteiger partial charge in [0.2, 0.25) is 11.0 Å². The lowest BCUT2D eigenvalue weighted by Crippen LogP contribution is -2.15. The largest absolute Gasteiger partial charge is 0.293 e. The van der Waals surface area contributed by atoms with Crippen molar-refractivity contribution in [1.29, 1.82) is 0 Å². The number of nitrogens with one attached hydrogen (secondary N) is 1. The van der Waals surface area contributed by atoms with E-state index in [1.165, 1.54) is 0 Å². The number of hydrogen-bond acceptors (Lipinski definition) is 3. The summed E-state index contributed by atoms with van der Waals surface area (Å²) in [5, 5.41) is -0.0880. The molecule has 0 bridgehead atoms. The maximum atomic E-state index is 10.5. The first-order valence-electron chi connectivity index (χ1n) is 2.22. The van der Waals surface area contributed by atoms with E-state index in [1.807, 2.05) is 0 Å². The molecule has 0 aromatic rings. The van der Waals surface area contributed by atoms with Crippen LogP contribution in [0.2, 0.25) is 0 Å². The van der Waals surface area contributed by atoms with Crippen LogP contribution < -0.4 is 4.72 Å². The molecule has 3 nitrogen and oxygen atoms in total. The first kappa shape index (κ1) is 5.62. The van der Waals surface area contributed by atoms with Crippen LogP contribution in [0.3, 0.4) is 0 Å². The number of amides is 1. The van der Waals surface area contributed by atoms with Crippen molar-refractivity contribution in [3.05, 3.63) is 0 Å². The highest BCUT2D eigenvalue weighted by molar-refractivity contribution is 8.13. The summed E-state index contributed by atoms with van der Waals surface area (Å²) in [7, 11) is 0. The third-order valence-electron chi connectivity index (χ3n) is 0.999. The molecule has 0 aromatic carbocycles. The van der Waals surface area contributed by atoms with Gasteiger partial charge in [-0.3, -0.25) is 14.3 Å². The summed E-state index contributed by atoms with van der Waals surface area (Å²) in [6.45, 7) is 1.59. The van der Waals surface area contributed by atoms with Gasteiger partial charge in [0.05, 0.1) is 0 Å². The van der Waals surface area contributed by atoms with Crippen LogP contribution in [-0.2, 0) is 9.59 Å². The Kier molecular flexibility index (Phi) is 1.25. The van der Waals surface area contributed by atoms with Gasteiger partial charge in [-0.25, -0.2) is 0 Å². The van der Waals surface area contributed by atoms with E-state index >= 15 is 0 Å². The molecule has 1 aliphatic rings. The average Bonchev–Trinajstić information content (AvgIpc) is 1.98. The van der Waals surface area contributed by atoms with E-state index in [1.54, 1.807) is 6.92 Å². The first-order valence-corrected chi connectivity index (χ1v) is 3.04. The molecule has 1 N–H and O–H groups in total. The Bertz CT molecular complexity index is 129. The van der Waals surface area contributed by atoms with Gasteiger partial charge in [-0.1, -0.05) is 0 Å². The topological polar surface area (TPSA) is 46.2 Å². The van der Waals surface area contributed by atoms with Crippen LogP contribution in [0.25, 0.3) is 0 Å². The zero-order valence-corrected chi connectivity index (χ0v) is 5.12. The molecular formula is C4H5NO2S. The lowest BCUT2D eigenvalue weighted by molar-refractivity contribution is -0.126. The minimum absolute atomic E-state index is 0.0880. The van der Waals surface area contributed by atoms with Crippen molar-refractivity contribution in [2.45, 2.75) is 6.92 Å². The average molecular weight is 131 g/mol. The molecule has 1 saturated heterocycles. The Morgan fingerprint density at radius 3 is 2.38 bits per heavy atom. The number of hydrogen-bond donors (Lipinski definition) is 1. The fourth-order valence-electron chi connectivity index (χ4n) is 0.384. The van der Waals surface area contributed by atoms with Crippen molar-refractivity contribution >= 4 is 23.0 Å². The van der Waals surface area contributed by atoms with E-state index in [0.29, 0.717) is 0 Å². The summed E-state index contributed by atoms with van der Waals surface area (Å²) < 4.78 is 2.35. The van der Waals surface area contributed by atoms with Gasteiger partial charge in [0, 0.05) is 11.9 Å². The summed E-state index contributed by atoms with van der Waals surface area (Å²) in [5.74, 6) is -0.625. The second-order valence-electron chi connectivity index (χ2n) is 1.61. The lowest BCUT2D eigenvalue weighted by atomic mass is 10.2. The highest BCUT2D eigenvalue weighted by Crippen LogP contribution is 2.15. The Labute approximate surface area is 51.0 Å². The second-order valence-corrected chi connectivity index (χ2v) is 2.42. The van der Waals surface area contributed by atoms with Crippen molar-refractivity contribution in [2.75, 3.05) is 0 Å². The predicted octanol–water partition coefficient (Wildman–Crippen LogP) is -0.0729. The molecule has 0 saturated carbocycles. The molecule has 1 unspecified atom stereocenters. The van der Waals surface area contributed by atoms with E-state index in [4.69, 9.17) is 0 Å². The molecule has 1 atom stereocenters. The molecule has 4 heteroatoms. The van der Waals surface area contributed by atoms with Gasteiger partial charge in [0.1, 0.15) is 5.92 Å². The summed E-state index contributed by atoms with van der Waals surface area (Å²) in [5.41, 5.74) is 0. The second kappa shape index (κ2) is 1.78. The van der Waals surface area contributed by atoms with Gasteiger partial charge in [0.25, 0.3) is 0 Å². The van der Waals surface area contributed by atoms with Gasteiger partial charge in [-0.2, -0.15) is 0 Å². The number of carbonyl (C=O) groups is 2. The molecule has 8 heavy (non-hydrogen) atoms. The number of carbonyl (C=O) groups excluding carboxylic acids is 2. The molecule has 1 aliphatic heterocycles. The van der Waals surface area contributed by atoms with E-state index in [2.05, 4.69) is 4.72 Å². The predicted molar refractivity (Wildman–Crippen MR) is 29.9 cm³/mol. The van der Waals surface area contributed by atoms with Crippen LogP contribution in [0.15, 0.2) is 0 Å². The SMILES string of the molecule is CC1C(=O)NSC1=O. The lowest BCUT2D eigenvalue weighted by Gasteiger charge is -1.87. The molecule has 0 aliphatic carbocycles. The van der Waals surface area contributed by atoms with Crippen LogP contribution in [-0.4, -0.2) is 11.0 Å². The fourth-order valence-corrected chi connectivity index (χ4v) is 1.05. The standard InChI is InChI=1S/C4H5NO2S/c1-2-3(6)5-8-4(2)7/h2H,1H3,(H,5,6). The Morgan fingerprint density at radius 2 is 2.25 bits per heavy atom. The zero-order chi connectivity index (χ0) is 6.15. The highest BCUT2D eigenvalue weighted by atomic mass is 32.2. The van der Waals surface area contributed by atoms with Gasteiger partial charge >= 0.3 is 0 Å². The van der Waals surface area contributed by atoms with Crippen molar-refractivity contribution in [2.24, 2.45) is 5.92 Å². The van der Waals surface area contributed by atoms with Crippen LogP contribution in [0.5, 0.6) is 0 Å². The summed E-state index contributed by atoms with van der Waals surface area (Å²) in [6.07, 6.45) is 0. The number of rotatable bonds is 0. The molecule has 1 amide bonds. The molecule has 0 spiro atoms. The normalized spacial score (nSPS) is 28.4. The Balaban J connectivity index is 2.70. The van der Waals surface area contributed by atoms with Crippen molar-refractivity contribution in [1.82, 2.24) is 4.72 Å². The van der Waals surface area contributed by atoms with Crippen LogP contribution >= 0.6 is 11.9 Å². The maximum absolute atomic E-state index is 10.5. The third-order valence-corrected chi connectivity index (χ3v) is 1.86. The van der Waals surface area contributed by atoms with E-state index in [9.17, 15) is 9.59 Å². The van der Waals surface area contributed by atoms with Crippen LogP contribution in [0.4, 0.5) is 0 Å². The Hall–Kier alpha value is -0.510. The van der Waals surface area contributed by atoms with Crippen molar-refractivity contribution in [3.8, 4) is 0 Å². The van der Waals surface area contributed by atoms with Gasteiger partial charge in [0.15, 0.2) is 0 Å². The van der Waals surface area contributed by atoms with Crippen LogP contribution in [0.1, 0.15) is 6.92 Å². The molecule has 0 aromatic heterocycles. The summed E-state index contributed by atoms with van der Waals surface area (Å²) >= 11 is 0.875. The van der Waals surface area contributed by atoms with Crippen molar-refractivity contribution < 1.29 is 9.59 Å². The van der Waals surface area contributed by atoms with Crippen molar-refractivity contribution in [3.63, 3.8) is 0 Å². The van der Waals surface area contributed by atoms with E-state index in [-0.39, 0.29) is 11.0 Å². The Morgan fingerprint density at radius 1 is 1.62 bits per heavy atom. The zero-order valence-electron chi connectivity index (χ0n) is 4.30. The first-order chi connectivity index (χ1) is 3.72. The molecular weight excluding hydrogens is 126 g/mol. The van der Waals surface area contributed by atoms with E-state index < -0.39 is 5.92 Å². The molecule has 44 valence electrons. The van der Waals surface area contributed by atoms with Gasteiger partial charge < -0.3 is 0 Å². The summed E-state index contributed by atoms with van der Waals surface area (Å²) in [4.78, 5) is 20.9. The quantitative estimate of drug-likeness (QED) is 0.369. The molecule has 1 rings (SSSR count). The summed E-state index contributed by atoms with van der Waals surface area (Å²) in [6, 6.07) is 0. The fraction of sp³-hybridized carbons (Fsp3) is 0.500. The monoisotopic (exact) mass is 131 g/mol. The maximum Gasteiger partial charge on any atom is 0.241 e. The van der Waals surface area contributed by atoms with Crippen LogP contribution in [0, 0.1) is 5.92 Å².